The highest BCUT2D eigenvalue weighted by Crippen LogP contribution is 1.99. The fraction of sp³-hybridized carbons (Fsp3) is 0.714. The van der Waals surface area contributed by atoms with Crippen LogP contribution in [0, 0.1) is 0 Å². The number of esters is 1. The first-order valence-corrected chi connectivity index (χ1v) is 3.30. The van der Waals surface area contributed by atoms with Crippen molar-refractivity contribution in [2.45, 2.75) is 25.9 Å². The number of hydrogen-bond acceptors (Lipinski definition) is 4. The van der Waals surface area contributed by atoms with E-state index in [1.807, 2.05) is 0 Å². The molecule has 0 aliphatic heterocycles. The molecule has 1 atom stereocenters. The third kappa shape index (κ3) is 5.54. The van der Waals surface area contributed by atoms with Crippen molar-refractivity contribution in [3.63, 3.8) is 0 Å². The van der Waals surface area contributed by atoms with Gasteiger partial charge >= 0.3 is 5.97 Å². The average Bonchev–Trinajstić information content (AvgIpc) is 1.85. The third-order valence-electron chi connectivity index (χ3n) is 1.15. The zero-order valence-corrected chi connectivity index (χ0v) is 6.66. The van der Waals surface area contributed by atoms with Crippen LogP contribution in [0.4, 0.5) is 0 Å². The van der Waals surface area contributed by atoms with Gasteiger partial charge in [0.1, 0.15) is 5.78 Å². The standard InChI is InChI=1S/C7H12O4/c1-5(8)3-6(9)4-7(10)11-2/h6,9H,3-4H2,1-2H3/t6-/m1/s1. The summed E-state index contributed by atoms with van der Waals surface area (Å²) in [5.41, 5.74) is 0. The summed E-state index contributed by atoms with van der Waals surface area (Å²) in [7, 11) is 1.24. The smallest absolute Gasteiger partial charge is 0.308 e. The van der Waals surface area contributed by atoms with E-state index in [0.29, 0.717) is 0 Å². The Morgan fingerprint density at radius 1 is 1.45 bits per heavy atom. The Morgan fingerprint density at radius 2 is 2.00 bits per heavy atom. The summed E-state index contributed by atoms with van der Waals surface area (Å²) in [5.74, 6) is -0.639. The molecular formula is C7H12O4. The summed E-state index contributed by atoms with van der Waals surface area (Å²) < 4.78 is 4.29. The molecule has 0 spiro atoms. The molecule has 11 heavy (non-hydrogen) atoms. The lowest BCUT2D eigenvalue weighted by Crippen LogP contribution is -2.17. The maximum absolute atomic E-state index is 10.5. The van der Waals surface area contributed by atoms with E-state index in [4.69, 9.17) is 5.11 Å². The van der Waals surface area contributed by atoms with E-state index in [-0.39, 0.29) is 18.6 Å². The second-order valence-corrected chi connectivity index (χ2v) is 2.34. The zero-order chi connectivity index (χ0) is 8.85. The SMILES string of the molecule is COC(=O)C[C@H](O)CC(C)=O. The molecule has 0 aromatic rings. The number of carbonyl (C=O) groups excluding carboxylic acids is 2. The second-order valence-electron chi connectivity index (χ2n) is 2.34. The molecule has 4 nitrogen and oxygen atoms in total. The molecule has 0 unspecified atom stereocenters. The van der Waals surface area contributed by atoms with E-state index in [1.54, 1.807) is 0 Å². The Bertz CT molecular complexity index is 153. The van der Waals surface area contributed by atoms with Crippen molar-refractivity contribution in [1.29, 1.82) is 0 Å². The van der Waals surface area contributed by atoms with Gasteiger partial charge in [0.05, 0.1) is 19.6 Å². The van der Waals surface area contributed by atoms with Crippen LogP contribution in [0.1, 0.15) is 19.8 Å². The molecule has 0 aliphatic rings. The van der Waals surface area contributed by atoms with Crippen LogP contribution in [0.5, 0.6) is 0 Å². The van der Waals surface area contributed by atoms with Gasteiger partial charge in [0.15, 0.2) is 0 Å². The Hall–Kier alpha value is -0.900. The first-order valence-electron chi connectivity index (χ1n) is 3.30. The highest BCUT2D eigenvalue weighted by Gasteiger charge is 2.12. The molecule has 0 radical (unpaired) electrons. The van der Waals surface area contributed by atoms with Crippen LogP contribution >= 0.6 is 0 Å². The van der Waals surface area contributed by atoms with Gasteiger partial charge in [-0.15, -0.1) is 0 Å². The van der Waals surface area contributed by atoms with E-state index in [2.05, 4.69) is 4.74 Å². The number of rotatable bonds is 4. The van der Waals surface area contributed by atoms with Crippen molar-refractivity contribution >= 4 is 11.8 Å². The summed E-state index contributed by atoms with van der Waals surface area (Å²) in [4.78, 5) is 20.9. The van der Waals surface area contributed by atoms with Gasteiger partial charge in [0.25, 0.3) is 0 Å². The van der Waals surface area contributed by atoms with Crippen LogP contribution in [0.25, 0.3) is 0 Å². The topological polar surface area (TPSA) is 63.6 Å². The van der Waals surface area contributed by atoms with Crippen molar-refractivity contribution in [2.75, 3.05) is 7.11 Å². The quantitative estimate of drug-likeness (QED) is 0.583. The molecule has 0 amide bonds. The maximum Gasteiger partial charge on any atom is 0.308 e. The van der Waals surface area contributed by atoms with E-state index in [0.717, 1.165) is 0 Å². The Labute approximate surface area is 65.2 Å². The normalized spacial score (nSPS) is 12.3. The van der Waals surface area contributed by atoms with Crippen LogP contribution in [0.15, 0.2) is 0 Å². The van der Waals surface area contributed by atoms with E-state index in [1.165, 1.54) is 14.0 Å². The van der Waals surface area contributed by atoms with Gasteiger partial charge in [-0.05, 0) is 6.92 Å². The van der Waals surface area contributed by atoms with E-state index >= 15 is 0 Å². The largest absolute Gasteiger partial charge is 0.469 e. The Kier molecular flexibility index (Phi) is 4.45. The molecule has 0 heterocycles. The lowest BCUT2D eigenvalue weighted by atomic mass is 10.1. The van der Waals surface area contributed by atoms with Gasteiger partial charge in [-0.25, -0.2) is 0 Å². The molecule has 0 saturated heterocycles. The minimum atomic E-state index is -0.903. The fourth-order valence-corrected chi connectivity index (χ4v) is 0.680. The van der Waals surface area contributed by atoms with Gasteiger partial charge in [0.2, 0.25) is 0 Å². The molecule has 0 aromatic heterocycles. The first kappa shape index (κ1) is 10.1. The summed E-state index contributed by atoms with van der Waals surface area (Å²) in [6, 6.07) is 0. The highest BCUT2D eigenvalue weighted by atomic mass is 16.5. The molecule has 1 N–H and O–H groups in total. The predicted octanol–water partition coefficient (Wildman–Crippen LogP) is -0.111. The van der Waals surface area contributed by atoms with Gasteiger partial charge in [-0.3, -0.25) is 9.59 Å². The Morgan fingerprint density at radius 3 is 2.36 bits per heavy atom. The molecule has 0 fully saturated rings. The van der Waals surface area contributed by atoms with E-state index in [9.17, 15) is 9.59 Å². The van der Waals surface area contributed by atoms with Crippen molar-refractivity contribution in [1.82, 2.24) is 0 Å². The van der Waals surface area contributed by atoms with Gasteiger partial charge in [-0.1, -0.05) is 0 Å². The maximum atomic E-state index is 10.5. The molecule has 0 bridgehead atoms. The van der Waals surface area contributed by atoms with Crippen LogP contribution in [-0.2, 0) is 14.3 Å². The summed E-state index contributed by atoms with van der Waals surface area (Å²) in [6.45, 7) is 1.36. The minimum absolute atomic E-state index is 0.00903. The van der Waals surface area contributed by atoms with Crippen LogP contribution in [0.2, 0.25) is 0 Å². The van der Waals surface area contributed by atoms with Gasteiger partial charge in [-0.2, -0.15) is 0 Å². The molecule has 0 aromatic carbocycles. The summed E-state index contributed by atoms with van der Waals surface area (Å²) in [6.07, 6.45) is -1.01. The average molecular weight is 160 g/mol. The number of aliphatic hydroxyl groups is 1. The van der Waals surface area contributed by atoms with Crippen LogP contribution < -0.4 is 0 Å². The Balaban J connectivity index is 3.60. The number of ketones is 1. The number of ether oxygens (including phenoxy) is 1. The molecule has 4 heteroatoms. The third-order valence-corrected chi connectivity index (χ3v) is 1.15. The molecule has 64 valence electrons. The van der Waals surface area contributed by atoms with E-state index < -0.39 is 12.1 Å². The molecule has 0 saturated carbocycles. The highest BCUT2D eigenvalue weighted by molar-refractivity contribution is 5.77. The minimum Gasteiger partial charge on any atom is -0.469 e. The molecular weight excluding hydrogens is 148 g/mol. The van der Waals surface area contributed by atoms with Crippen molar-refractivity contribution in [3.05, 3.63) is 0 Å². The lowest BCUT2D eigenvalue weighted by molar-refractivity contribution is -0.143. The molecule has 0 aliphatic carbocycles. The fourth-order valence-electron chi connectivity index (χ4n) is 0.680. The number of methoxy groups -OCH3 is 1. The molecule has 0 rings (SSSR count). The van der Waals surface area contributed by atoms with Crippen LogP contribution in [-0.4, -0.2) is 30.1 Å². The first-order chi connectivity index (χ1) is 5.06. The summed E-state index contributed by atoms with van der Waals surface area (Å²) >= 11 is 0. The number of hydrogen-bond donors (Lipinski definition) is 1. The number of Topliss-reactive ketones (excluding diaryl/α,β-unsaturated/α-hetero) is 1. The second kappa shape index (κ2) is 4.85. The number of aliphatic hydroxyl groups excluding tert-OH is 1. The van der Waals surface area contributed by atoms with Gasteiger partial charge in [0, 0.05) is 6.42 Å². The van der Waals surface area contributed by atoms with Crippen molar-refractivity contribution in [2.24, 2.45) is 0 Å². The monoisotopic (exact) mass is 160 g/mol. The van der Waals surface area contributed by atoms with Crippen LogP contribution in [0.3, 0.4) is 0 Å². The lowest BCUT2D eigenvalue weighted by Gasteiger charge is -2.05. The number of carbonyl (C=O) groups is 2. The zero-order valence-electron chi connectivity index (χ0n) is 6.66. The van der Waals surface area contributed by atoms with Crippen molar-refractivity contribution in [3.8, 4) is 0 Å². The van der Waals surface area contributed by atoms with Gasteiger partial charge < -0.3 is 9.84 Å². The summed E-state index contributed by atoms with van der Waals surface area (Å²) in [5, 5.41) is 9.00. The predicted molar refractivity (Wildman–Crippen MR) is 37.9 cm³/mol. The van der Waals surface area contributed by atoms with Crippen molar-refractivity contribution < 1.29 is 19.4 Å².